The molecule has 0 spiro atoms. The second kappa shape index (κ2) is 8.85. The molecule has 1 aromatic heterocycles. The molecule has 2 fully saturated rings. The van der Waals surface area contributed by atoms with Gasteiger partial charge in [0.15, 0.2) is 0 Å². The first-order valence-electron chi connectivity index (χ1n) is 9.62. The zero-order valence-corrected chi connectivity index (χ0v) is 16.5. The van der Waals surface area contributed by atoms with Crippen molar-refractivity contribution in [3.63, 3.8) is 0 Å². The quantitative estimate of drug-likeness (QED) is 0.817. The lowest BCUT2D eigenvalue weighted by Gasteiger charge is -2.32. The van der Waals surface area contributed by atoms with Gasteiger partial charge in [-0.05, 0) is 63.7 Å². The number of halogens is 1. The van der Waals surface area contributed by atoms with E-state index in [1.807, 2.05) is 36.2 Å². The Kier molecular flexibility index (Phi) is 6.50. The van der Waals surface area contributed by atoms with Crippen LogP contribution in [0.4, 0.5) is 0 Å². The lowest BCUT2D eigenvalue weighted by atomic mass is 9.93. The van der Waals surface area contributed by atoms with Crippen LogP contribution in [0, 0.1) is 5.92 Å². The van der Waals surface area contributed by atoms with Gasteiger partial charge in [-0.3, -0.25) is 4.79 Å². The van der Waals surface area contributed by atoms with Crippen LogP contribution in [-0.2, 0) is 0 Å². The largest absolute Gasteiger partial charge is 0.339 e. The predicted octanol–water partition coefficient (Wildman–Crippen LogP) is 3.50. The van der Waals surface area contributed by atoms with Crippen molar-refractivity contribution in [1.82, 2.24) is 20.4 Å². The van der Waals surface area contributed by atoms with Crippen LogP contribution in [0.3, 0.4) is 0 Å². The van der Waals surface area contributed by atoms with E-state index >= 15 is 0 Å². The number of hydrogen-bond donors (Lipinski definition) is 1. The molecule has 2 aliphatic rings. The molecule has 1 aliphatic heterocycles. The molecule has 2 aromatic rings. The Balaban J connectivity index is 0.00000210. The Hall–Kier alpha value is -1.92. The highest BCUT2D eigenvalue weighted by Crippen LogP contribution is 2.39. The number of nitrogens with zero attached hydrogens (tertiary/aromatic N) is 3. The van der Waals surface area contributed by atoms with Crippen LogP contribution in [0.5, 0.6) is 0 Å². The number of hydrogen-bond acceptors (Lipinski definition) is 5. The summed E-state index contributed by atoms with van der Waals surface area (Å²) in [4.78, 5) is 19.3. The summed E-state index contributed by atoms with van der Waals surface area (Å²) in [7, 11) is 1.99. The summed E-state index contributed by atoms with van der Waals surface area (Å²) in [5.41, 5.74) is 1.55. The summed E-state index contributed by atoms with van der Waals surface area (Å²) in [6.45, 7) is 2.73. The molecule has 0 unspecified atom stereocenters. The Morgan fingerprint density at radius 2 is 2.04 bits per heavy atom. The fourth-order valence-electron chi connectivity index (χ4n) is 3.60. The topological polar surface area (TPSA) is 71.3 Å². The molecule has 7 heteroatoms. The van der Waals surface area contributed by atoms with E-state index in [0.717, 1.165) is 62.7 Å². The van der Waals surface area contributed by atoms with Crippen LogP contribution in [0.1, 0.15) is 54.3 Å². The van der Waals surface area contributed by atoms with Gasteiger partial charge in [0, 0.05) is 30.1 Å². The molecule has 0 atom stereocenters. The normalized spacial score (nSPS) is 17.6. The van der Waals surface area contributed by atoms with Crippen molar-refractivity contribution in [2.24, 2.45) is 5.92 Å². The zero-order chi connectivity index (χ0) is 17.9. The highest BCUT2D eigenvalue weighted by molar-refractivity contribution is 5.95. The smallest absolute Gasteiger partial charge is 0.253 e. The van der Waals surface area contributed by atoms with Crippen LogP contribution in [0.25, 0.3) is 11.4 Å². The van der Waals surface area contributed by atoms with Gasteiger partial charge in [0.1, 0.15) is 0 Å². The molecule has 1 aromatic carbocycles. The SMILES string of the molecule is CNCCC1CCN(C(=O)c2cccc(-c3noc(C4CC4)n3)c2)CC1.Cl. The highest BCUT2D eigenvalue weighted by atomic mass is 35.5. The van der Waals surface area contributed by atoms with Gasteiger partial charge >= 0.3 is 0 Å². The molecule has 27 heavy (non-hydrogen) atoms. The maximum atomic E-state index is 12.9. The average Bonchev–Trinajstić information content (AvgIpc) is 3.43. The minimum Gasteiger partial charge on any atom is -0.339 e. The van der Waals surface area contributed by atoms with Gasteiger partial charge < -0.3 is 14.7 Å². The summed E-state index contributed by atoms with van der Waals surface area (Å²) in [5, 5.41) is 7.29. The molecule has 4 rings (SSSR count). The van der Waals surface area contributed by atoms with E-state index in [9.17, 15) is 4.79 Å². The summed E-state index contributed by atoms with van der Waals surface area (Å²) in [5.74, 6) is 2.56. The van der Waals surface area contributed by atoms with Crippen molar-refractivity contribution >= 4 is 18.3 Å². The van der Waals surface area contributed by atoms with Gasteiger partial charge in [0.05, 0.1) is 0 Å². The van der Waals surface area contributed by atoms with Gasteiger partial charge in [-0.15, -0.1) is 12.4 Å². The Morgan fingerprint density at radius 1 is 1.26 bits per heavy atom. The molecule has 6 nitrogen and oxygen atoms in total. The second-order valence-corrected chi connectivity index (χ2v) is 7.44. The van der Waals surface area contributed by atoms with E-state index in [-0.39, 0.29) is 18.3 Å². The standard InChI is InChI=1S/C20H26N4O2.ClH/c1-21-10-7-14-8-11-24(12-9-14)20(25)17-4-2-3-16(13-17)18-22-19(26-23-18)15-5-6-15;/h2-4,13-15,21H,5-12H2,1H3;1H. The van der Waals surface area contributed by atoms with Crippen LogP contribution < -0.4 is 5.32 Å². The van der Waals surface area contributed by atoms with E-state index in [0.29, 0.717) is 17.3 Å². The van der Waals surface area contributed by atoms with Gasteiger partial charge in [0.2, 0.25) is 11.7 Å². The lowest BCUT2D eigenvalue weighted by molar-refractivity contribution is 0.0687. The van der Waals surface area contributed by atoms with Crippen molar-refractivity contribution in [3.05, 3.63) is 35.7 Å². The molecule has 0 bridgehead atoms. The van der Waals surface area contributed by atoms with E-state index in [4.69, 9.17) is 4.52 Å². The van der Waals surface area contributed by atoms with Gasteiger partial charge in [-0.1, -0.05) is 17.3 Å². The lowest BCUT2D eigenvalue weighted by Crippen LogP contribution is -2.38. The van der Waals surface area contributed by atoms with Crippen molar-refractivity contribution in [3.8, 4) is 11.4 Å². The van der Waals surface area contributed by atoms with Gasteiger partial charge in [-0.2, -0.15) is 4.98 Å². The van der Waals surface area contributed by atoms with Crippen LogP contribution in [-0.4, -0.2) is 47.6 Å². The first-order chi connectivity index (χ1) is 12.7. The number of rotatable bonds is 6. The number of benzene rings is 1. The molecular weight excluding hydrogens is 364 g/mol. The number of carbonyl (C=O) groups is 1. The van der Waals surface area contributed by atoms with E-state index in [1.54, 1.807) is 0 Å². The van der Waals surface area contributed by atoms with Crippen molar-refractivity contribution in [2.45, 2.75) is 38.0 Å². The molecule has 1 amide bonds. The van der Waals surface area contributed by atoms with E-state index < -0.39 is 0 Å². The van der Waals surface area contributed by atoms with Crippen molar-refractivity contribution in [1.29, 1.82) is 0 Å². The number of carbonyl (C=O) groups excluding carboxylic acids is 1. The summed E-state index contributed by atoms with van der Waals surface area (Å²) in [6, 6.07) is 7.59. The third-order valence-corrected chi connectivity index (χ3v) is 5.44. The second-order valence-electron chi connectivity index (χ2n) is 7.44. The van der Waals surface area contributed by atoms with Gasteiger partial charge in [0.25, 0.3) is 5.91 Å². The summed E-state index contributed by atoms with van der Waals surface area (Å²) >= 11 is 0. The predicted molar refractivity (Wildman–Crippen MR) is 106 cm³/mol. The van der Waals surface area contributed by atoms with E-state index in [1.165, 1.54) is 6.42 Å². The molecule has 1 N–H and O–H groups in total. The van der Waals surface area contributed by atoms with Crippen molar-refractivity contribution < 1.29 is 9.32 Å². The summed E-state index contributed by atoms with van der Waals surface area (Å²) < 4.78 is 5.34. The molecule has 1 aliphatic carbocycles. The summed E-state index contributed by atoms with van der Waals surface area (Å²) in [6.07, 6.45) is 5.62. The van der Waals surface area contributed by atoms with Crippen LogP contribution in [0.15, 0.2) is 28.8 Å². The first kappa shape index (κ1) is 19.8. The molecule has 1 saturated carbocycles. The fourth-order valence-corrected chi connectivity index (χ4v) is 3.60. The monoisotopic (exact) mass is 390 g/mol. The Morgan fingerprint density at radius 3 is 2.74 bits per heavy atom. The minimum absolute atomic E-state index is 0. The van der Waals surface area contributed by atoms with Crippen LogP contribution >= 0.6 is 12.4 Å². The number of amides is 1. The third kappa shape index (κ3) is 4.68. The van der Waals surface area contributed by atoms with Gasteiger partial charge in [-0.25, -0.2) is 0 Å². The number of aromatic nitrogens is 2. The molecular formula is C20H27ClN4O2. The molecule has 2 heterocycles. The molecule has 0 radical (unpaired) electrons. The average molecular weight is 391 g/mol. The molecule has 146 valence electrons. The number of likely N-dealkylation sites (tertiary alicyclic amines) is 1. The third-order valence-electron chi connectivity index (χ3n) is 5.44. The zero-order valence-electron chi connectivity index (χ0n) is 15.7. The van der Waals surface area contributed by atoms with E-state index in [2.05, 4.69) is 15.5 Å². The maximum Gasteiger partial charge on any atom is 0.253 e. The molecule has 1 saturated heterocycles. The Labute approximate surface area is 166 Å². The number of nitrogens with one attached hydrogen (secondary N) is 1. The Bertz CT molecular complexity index is 767. The highest BCUT2D eigenvalue weighted by Gasteiger charge is 2.30. The fraction of sp³-hybridized carbons (Fsp3) is 0.550. The van der Waals surface area contributed by atoms with Crippen LogP contribution in [0.2, 0.25) is 0 Å². The van der Waals surface area contributed by atoms with Crippen molar-refractivity contribution in [2.75, 3.05) is 26.7 Å². The first-order valence-corrected chi connectivity index (χ1v) is 9.62. The minimum atomic E-state index is 0. The maximum absolute atomic E-state index is 12.9. The number of piperidine rings is 1.